The summed E-state index contributed by atoms with van der Waals surface area (Å²) in [5.41, 5.74) is 1.29. The molecular formula is C16H26N2O. The molecule has 0 saturated carbocycles. The first kappa shape index (κ1) is 14.4. The molecule has 1 heterocycles. The number of para-hydroxylation sites is 1. The standard InChI is InChI=1S/C16H26N2O/c1-13(2)10-15-11-17-8-9-18(15)12-14-6-4-5-7-16(14)19-3/h4-7,13,15,17H,8-12H2,1-3H3. The summed E-state index contributed by atoms with van der Waals surface area (Å²) in [6, 6.07) is 8.99. The van der Waals surface area contributed by atoms with Crippen LogP contribution in [-0.2, 0) is 6.54 Å². The third-order valence-corrected chi connectivity index (χ3v) is 3.78. The molecule has 1 aromatic carbocycles. The van der Waals surface area contributed by atoms with Crippen LogP contribution in [0.15, 0.2) is 24.3 Å². The van der Waals surface area contributed by atoms with Gasteiger partial charge in [0.2, 0.25) is 0 Å². The molecule has 1 fully saturated rings. The summed E-state index contributed by atoms with van der Waals surface area (Å²) in [6.45, 7) is 8.90. The van der Waals surface area contributed by atoms with Crippen LogP contribution >= 0.6 is 0 Å². The average molecular weight is 262 g/mol. The lowest BCUT2D eigenvalue weighted by Crippen LogP contribution is -2.51. The highest BCUT2D eigenvalue weighted by atomic mass is 16.5. The van der Waals surface area contributed by atoms with E-state index in [1.165, 1.54) is 12.0 Å². The highest BCUT2D eigenvalue weighted by Gasteiger charge is 2.23. The van der Waals surface area contributed by atoms with Crippen molar-refractivity contribution in [2.24, 2.45) is 5.92 Å². The third kappa shape index (κ3) is 3.95. The summed E-state index contributed by atoms with van der Waals surface area (Å²) in [7, 11) is 1.75. The molecule has 1 saturated heterocycles. The van der Waals surface area contributed by atoms with Crippen LogP contribution in [0.4, 0.5) is 0 Å². The number of rotatable bonds is 5. The second-order valence-corrected chi connectivity index (χ2v) is 5.77. The van der Waals surface area contributed by atoms with Crippen molar-refractivity contribution in [2.75, 3.05) is 26.7 Å². The van der Waals surface area contributed by atoms with E-state index < -0.39 is 0 Å². The number of benzene rings is 1. The van der Waals surface area contributed by atoms with Crippen molar-refractivity contribution in [3.8, 4) is 5.75 Å². The molecule has 106 valence electrons. The van der Waals surface area contributed by atoms with E-state index in [4.69, 9.17) is 4.74 Å². The maximum Gasteiger partial charge on any atom is 0.123 e. The van der Waals surface area contributed by atoms with Crippen LogP contribution in [0.3, 0.4) is 0 Å². The number of ether oxygens (including phenoxy) is 1. The molecule has 2 rings (SSSR count). The fraction of sp³-hybridized carbons (Fsp3) is 0.625. The zero-order chi connectivity index (χ0) is 13.7. The number of hydrogen-bond donors (Lipinski definition) is 1. The van der Waals surface area contributed by atoms with Crippen molar-refractivity contribution in [1.82, 2.24) is 10.2 Å². The van der Waals surface area contributed by atoms with E-state index in [1.54, 1.807) is 7.11 Å². The minimum absolute atomic E-state index is 0.638. The number of hydrogen-bond acceptors (Lipinski definition) is 3. The van der Waals surface area contributed by atoms with Crippen LogP contribution in [0.5, 0.6) is 5.75 Å². The quantitative estimate of drug-likeness (QED) is 0.882. The molecule has 3 heteroatoms. The summed E-state index contributed by atoms with van der Waals surface area (Å²) in [6.07, 6.45) is 1.25. The zero-order valence-corrected chi connectivity index (χ0v) is 12.4. The molecule has 0 aromatic heterocycles. The van der Waals surface area contributed by atoms with E-state index in [0.717, 1.165) is 37.8 Å². The first-order valence-electron chi connectivity index (χ1n) is 7.27. The van der Waals surface area contributed by atoms with Crippen molar-refractivity contribution in [1.29, 1.82) is 0 Å². The van der Waals surface area contributed by atoms with Gasteiger partial charge in [0.1, 0.15) is 5.75 Å². The molecule has 1 aliphatic heterocycles. The number of nitrogens with zero attached hydrogens (tertiary/aromatic N) is 1. The Kier molecular flexibility index (Phi) is 5.23. The van der Waals surface area contributed by atoms with Crippen LogP contribution in [0, 0.1) is 5.92 Å². The van der Waals surface area contributed by atoms with Crippen molar-refractivity contribution in [2.45, 2.75) is 32.9 Å². The smallest absolute Gasteiger partial charge is 0.123 e. The van der Waals surface area contributed by atoms with E-state index in [9.17, 15) is 0 Å². The molecule has 0 spiro atoms. The molecule has 0 aliphatic carbocycles. The van der Waals surface area contributed by atoms with Gasteiger partial charge in [0.25, 0.3) is 0 Å². The number of nitrogens with one attached hydrogen (secondary N) is 1. The molecule has 0 radical (unpaired) electrons. The summed E-state index contributed by atoms with van der Waals surface area (Å²) in [5.74, 6) is 1.74. The minimum atomic E-state index is 0.638. The van der Waals surface area contributed by atoms with E-state index >= 15 is 0 Å². The predicted octanol–water partition coefficient (Wildman–Crippen LogP) is 2.52. The lowest BCUT2D eigenvalue weighted by Gasteiger charge is -2.37. The van der Waals surface area contributed by atoms with Gasteiger partial charge in [-0.3, -0.25) is 4.90 Å². The summed E-state index contributed by atoms with van der Waals surface area (Å²) in [5, 5.41) is 3.51. The molecule has 3 nitrogen and oxygen atoms in total. The number of piperazine rings is 1. The average Bonchev–Trinajstić information content (AvgIpc) is 2.41. The van der Waals surface area contributed by atoms with E-state index in [1.807, 2.05) is 6.07 Å². The van der Waals surface area contributed by atoms with Gasteiger partial charge in [-0.05, 0) is 18.4 Å². The van der Waals surface area contributed by atoms with E-state index in [-0.39, 0.29) is 0 Å². The first-order chi connectivity index (χ1) is 9.20. The van der Waals surface area contributed by atoms with Crippen LogP contribution in [0.2, 0.25) is 0 Å². The van der Waals surface area contributed by atoms with Gasteiger partial charge in [-0.2, -0.15) is 0 Å². The van der Waals surface area contributed by atoms with Gasteiger partial charge in [0.15, 0.2) is 0 Å². The SMILES string of the molecule is COc1ccccc1CN1CCNCC1CC(C)C. The molecule has 1 unspecified atom stereocenters. The van der Waals surface area contributed by atoms with Gasteiger partial charge < -0.3 is 10.1 Å². The Morgan fingerprint density at radius 3 is 2.89 bits per heavy atom. The topological polar surface area (TPSA) is 24.5 Å². The van der Waals surface area contributed by atoms with Gasteiger partial charge in [-0.15, -0.1) is 0 Å². The van der Waals surface area contributed by atoms with E-state index in [0.29, 0.717) is 6.04 Å². The summed E-state index contributed by atoms with van der Waals surface area (Å²) < 4.78 is 5.46. The normalized spacial score (nSPS) is 20.7. The largest absolute Gasteiger partial charge is 0.496 e. The van der Waals surface area contributed by atoms with Gasteiger partial charge in [0.05, 0.1) is 7.11 Å². The number of methoxy groups -OCH3 is 1. The van der Waals surface area contributed by atoms with Crippen molar-refractivity contribution >= 4 is 0 Å². The van der Waals surface area contributed by atoms with Gasteiger partial charge >= 0.3 is 0 Å². The third-order valence-electron chi connectivity index (χ3n) is 3.78. The molecular weight excluding hydrogens is 236 g/mol. The Labute approximate surface area is 116 Å². The summed E-state index contributed by atoms with van der Waals surface area (Å²) in [4.78, 5) is 2.59. The first-order valence-corrected chi connectivity index (χ1v) is 7.27. The monoisotopic (exact) mass is 262 g/mol. The Morgan fingerprint density at radius 2 is 2.16 bits per heavy atom. The molecule has 1 aromatic rings. The molecule has 19 heavy (non-hydrogen) atoms. The van der Waals surface area contributed by atoms with Gasteiger partial charge in [-0.1, -0.05) is 32.0 Å². The predicted molar refractivity (Wildman–Crippen MR) is 79.5 cm³/mol. The van der Waals surface area contributed by atoms with Crippen molar-refractivity contribution in [3.63, 3.8) is 0 Å². The van der Waals surface area contributed by atoms with Crippen molar-refractivity contribution in [3.05, 3.63) is 29.8 Å². The molecule has 0 amide bonds. The Balaban J connectivity index is 2.06. The second kappa shape index (κ2) is 6.92. The van der Waals surface area contributed by atoms with Crippen LogP contribution < -0.4 is 10.1 Å². The van der Waals surface area contributed by atoms with Gasteiger partial charge in [-0.25, -0.2) is 0 Å². The van der Waals surface area contributed by atoms with Crippen molar-refractivity contribution < 1.29 is 4.74 Å². The minimum Gasteiger partial charge on any atom is -0.496 e. The van der Waals surface area contributed by atoms with Gasteiger partial charge in [0, 0.05) is 37.8 Å². The Morgan fingerprint density at radius 1 is 1.37 bits per heavy atom. The summed E-state index contributed by atoms with van der Waals surface area (Å²) >= 11 is 0. The van der Waals surface area contributed by atoms with Crippen LogP contribution in [0.1, 0.15) is 25.8 Å². The fourth-order valence-electron chi connectivity index (χ4n) is 2.84. The lowest BCUT2D eigenvalue weighted by molar-refractivity contribution is 0.133. The Hall–Kier alpha value is -1.06. The molecule has 0 bridgehead atoms. The van der Waals surface area contributed by atoms with E-state index in [2.05, 4.69) is 42.3 Å². The maximum absolute atomic E-state index is 5.46. The fourth-order valence-corrected chi connectivity index (χ4v) is 2.84. The highest BCUT2D eigenvalue weighted by molar-refractivity contribution is 5.33. The highest BCUT2D eigenvalue weighted by Crippen LogP contribution is 2.22. The molecule has 1 aliphatic rings. The second-order valence-electron chi connectivity index (χ2n) is 5.77. The Bertz CT molecular complexity index is 392. The zero-order valence-electron chi connectivity index (χ0n) is 12.4. The van der Waals surface area contributed by atoms with Crippen LogP contribution in [0.25, 0.3) is 0 Å². The van der Waals surface area contributed by atoms with Crippen LogP contribution in [-0.4, -0.2) is 37.7 Å². The lowest BCUT2D eigenvalue weighted by atomic mass is 10.00. The molecule has 1 N–H and O–H groups in total. The maximum atomic E-state index is 5.46. The molecule has 1 atom stereocenters.